The molecule has 0 heterocycles. The van der Waals surface area contributed by atoms with Gasteiger partial charge in [-0.2, -0.15) is 0 Å². The highest BCUT2D eigenvalue weighted by molar-refractivity contribution is 7.81. The van der Waals surface area contributed by atoms with Gasteiger partial charge < -0.3 is 10.4 Å². The Hall–Kier alpha value is -1.58. The zero-order chi connectivity index (χ0) is 13.1. The molecule has 0 aromatic heterocycles. The number of anilines is 1. The van der Waals surface area contributed by atoms with Crippen LogP contribution in [-0.2, 0) is 0 Å². The first-order valence-electron chi connectivity index (χ1n) is 5.43. The van der Waals surface area contributed by atoms with Crippen LogP contribution in [0.4, 0.5) is 5.69 Å². The number of nitrogens with one attached hydrogen (secondary N) is 1. The number of phenols is 1. The number of thiocarbonyl (C=S) groups is 1. The summed E-state index contributed by atoms with van der Waals surface area (Å²) in [6, 6.07) is 12.6. The molecule has 0 aliphatic carbocycles. The summed E-state index contributed by atoms with van der Waals surface area (Å²) in [4.78, 5) is 0.612. The number of halogens is 1. The molecule has 0 radical (unpaired) electrons. The van der Waals surface area contributed by atoms with Crippen molar-refractivity contribution in [2.45, 2.75) is 6.92 Å². The first-order chi connectivity index (χ1) is 8.56. The Balaban J connectivity index is 2.16. The molecule has 4 heteroatoms. The molecule has 18 heavy (non-hydrogen) atoms. The number of hydrogen-bond acceptors (Lipinski definition) is 2. The minimum Gasteiger partial charge on any atom is -0.508 e. The molecule has 2 rings (SSSR count). The van der Waals surface area contributed by atoms with Crippen LogP contribution in [0.15, 0.2) is 42.5 Å². The molecule has 0 spiro atoms. The number of rotatable bonds is 2. The Morgan fingerprint density at radius 1 is 1.17 bits per heavy atom. The van der Waals surface area contributed by atoms with E-state index in [0.29, 0.717) is 10.0 Å². The number of hydrogen-bond donors (Lipinski definition) is 2. The fourth-order valence-corrected chi connectivity index (χ4v) is 1.90. The van der Waals surface area contributed by atoms with E-state index in [1.807, 2.05) is 25.1 Å². The Kier molecular flexibility index (Phi) is 3.84. The highest BCUT2D eigenvalue weighted by Gasteiger charge is 2.04. The Morgan fingerprint density at radius 2 is 1.83 bits per heavy atom. The molecule has 2 aromatic rings. The molecule has 0 unspecified atom stereocenters. The van der Waals surface area contributed by atoms with Gasteiger partial charge in [0.2, 0.25) is 0 Å². The van der Waals surface area contributed by atoms with Gasteiger partial charge in [-0.3, -0.25) is 0 Å². The van der Waals surface area contributed by atoms with E-state index in [1.54, 1.807) is 24.3 Å². The minimum absolute atomic E-state index is 0.271. The summed E-state index contributed by atoms with van der Waals surface area (Å²) in [7, 11) is 0. The van der Waals surface area contributed by atoms with Crippen LogP contribution in [0.1, 0.15) is 11.1 Å². The summed E-state index contributed by atoms with van der Waals surface area (Å²) < 4.78 is 0. The maximum atomic E-state index is 9.47. The van der Waals surface area contributed by atoms with Crippen molar-refractivity contribution in [1.82, 2.24) is 0 Å². The predicted octanol–water partition coefficient (Wildman–Crippen LogP) is 4.14. The van der Waals surface area contributed by atoms with Gasteiger partial charge in [0.25, 0.3) is 0 Å². The van der Waals surface area contributed by atoms with Crippen molar-refractivity contribution in [3.8, 4) is 5.75 Å². The Morgan fingerprint density at radius 3 is 2.44 bits per heavy atom. The van der Waals surface area contributed by atoms with Gasteiger partial charge in [-0.25, -0.2) is 0 Å². The maximum Gasteiger partial charge on any atom is 0.118 e. The zero-order valence-corrected chi connectivity index (χ0v) is 11.3. The number of benzene rings is 2. The van der Waals surface area contributed by atoms with Crippen LogP contribution in [0, 0.1) is 6.92 Å². The van der Waals surface area contributed by atoms with Crippen LogP contribution in [0.3, 0.4) is 0 Å². The fraction of sp³-hybridized carbons (Fsp3) is 0.0714. The van der Waals surface area contributed by atoms with Crippen molar-refractivity contribution >= 4 is 34.5 Å². The average Bonchev–Trinajstić information content (AvgIpc) is 2.35. The van der Waals surface area contributed by atoms with Crippen LogP contribution in [0.2, 0.25) is 5.02 Å². The molecular weight excluding hydrogens is 266 g/mol. The van der Waals surface area contributed by atoms with E-state index in [-0.39, 0.29) is 5.75 Å². The smallest absolute Gasteiger partial charge is 0.118 e. The molecule has 0 atom stereocenters. The van der Waals surface area contributed by atoms with E-state index in [9.17, 15) is 5.11 Å². The summed E-state index contributed by atoms with van der Waals surface area (Å²) in [6.45, 7) is 1.84. The lowest BCUT2D eigenvalue weighted by Gasteiger charge is -2.09. The third-order valence-corrected chi connectivity index (χ3v) is 3.15. The first-order valence-corrected chi connectivity index (χ1v) is 6.21. The lowest BCUT2D eigenvalue weighted by Crippen LogP contribution is -2.10. The fourth-order valence-electron chi connectivity index (χ4n) is 1.53. The van der Waals surface area contributed by atoms with Gasteiger partial charge in [0, 0.05) is 16.3 Å². The van der Waals surface area contributed by atoms with E-state index >= 15 is 0 Å². The highest BCUT2D eigenvalue weighted by atomic mass is 35.5. The van der Waals surface area contributed by atoms with Crippen LogP contribution in [0.25, 0.3) is 0 Å². The lowest BCUT2D eigenvalue weighted by atomic mass is 10.1. The van der Waals surface area contributed by atoms with E-state index in [1.165, 1.54) is 0 Å². The van der Waals surface area contributed by atoms with Crippen molar-refractivity contribution in [2.24, 2.45) is 0 Å². The molecule has 2 N–H and O–H groups in total. The summed E-state index contributed by atoms with van der Waals surface area (Å²) in [5.41, 5.74) is 2.55. The zero-order valence-electron chi connectivity index (χ0n) is 9.77. The molecule has 2 aromatic carbocycles. The monoisotopic (exact) mass is 277 g/mol. The Labute approximate surface area is 116 Å². The van der Waals surface area contributed by atoms with Gasteiger partial charge in [0.1, 0.15) is 10.7 Å². The van der Waals surface area contributed by atoms with E-state index in [0.717, 1.165) is 16.8 Å². The SMILES string of the molecule is Cc1cc(C(=S)Nc2ccc(Cl)cc2)ccc1O. The van der Waals surface area contributed by atoms with Crippen molar-refractivity contribution in [1.29, 1.82) is 0 Å². The molecule has 0 aliphatic heterocycles. The Bertz CT molecular complexity index is 581. The molecule has 0 bridgehead atoms. The number of aryl methyl sites for hydroxylation is 1. The topological polar surface area (TPSA) is 32.3 Å². The van der Waals surface area contributed by atoms with Gasteiger partial charge in [0.05, 0.1) is 0 Å². The maximum absolute atomic E-state index is 9.47. The van der Waals surface area contributed by atoms with Crippen molar-refractivity contribution in [3.63, 3.8) is 0 Å². The normalized spacial score (nSPS) is 10.1. The largest absolute Gasteiger partial charge is 0.508 e. The third kappa shape index (κ3) is 3.00. The van der Waals surface area contributed by atoms with Crippen molar-refractivity contribution in [2.75, 3.05) is 5.32 Å². The second-order valence-electron chi connectivity index (χ2n) is 3.96. The standard InChI is InChI=1S/C14H12ClNOS/c1-9-8-10(2-7-13(9)17)14(18)16-12-5-3-11(15)4-6-12/h2-8,17H,1H3,(H,16,18). The van der Waals surface area contributed by atoms with E-state index < -0.39 is 0 Å². The quantitative estimate of drug-likeness (QED) is 0.809. The first kappa shape index (κ1) is 12.9. The second kappa shape index (κ2) is 5.38. The molecule has 0 fully saturated rings. The molecule has 0 amide bonds. The summed E-state index contributed by atoms with van der Waals surface area (Å²) in [5, 5.41) is 13.3. The number of aromatic hydroxyl groups is 1. The van der Waals surface area contributed by atoms with Gasteiger partial charge >= 0.3 is 0 Å². The minimum atomic E-state index is 0.271. The summed E-state index contributed by atoms with van der Waals surface area (Å²) >= 11 is 11.1. The molecule has 2 nitrogen and oxygen atoms in total. The molecule has 92 valence electrons. The molecule has 0 saturated carbocycles. The number of phenolic OH excluding ortho intramolecular Hbond substituents is 1. The van der Waals surface area contributed by atoms with E-state index in [4.69, 9.17) is 23.8 Å². The van der Waals surface area contributed by atoms with Crippen molar-refractivity contribution < 1.29 is 5.11 Å². The summed E-state index contributed by atoms with van der Waals surface area (Å²) in [6.07, 6.45) is 0. The lowest BCUT2D eigenvalue weighted by molar-refractivity contribution is 0.471. The third-order valence-electron chi connectivity index (χ3n) is 2.56. The molecule has 0 aliphatic rings. The highest BCUT2D eigenvalue weighted by Crippen LogP contribution is 2.19. The predicted molar refractivity (Wildman–Crippen MR) is 79.6 cm³/mol. The average molecular weight is 278 g/mol. The second-order valence-corrected chi connectivity index (χ2v) is 4.81. The van der Waals surface area contributed by atoms with Crippen LogP contribution < -0.4 is 5.32 Å². The van der Waals surface area contributed by atoms with Crippen LogP contribution >= 0.6 is 23.8 Å². The summed E-state index contributed by atoms with van der Waals surface area (Å²) in [5.74, 6) is 0.271. The van der Waals surface area contributed by atoms with E-state index in [2.05, 4.69) is 5.32 Å². The van der Waals surface area contributed by atoms with Gasteiger partial charge in [0.15, 0.2) is 0 Å². The molecular formula is C14H12ClNOS. The van der Waals surface area contributed by atoms with Crippen LogP contribution in [0.5, 0.6) is 5.75 Å². The van der Waals surface area contributed by atoms with Gasteiger partial charge in [-0.05, 0) is 55.0 Å². The van der Waals surface area contributed by atoms with Crippen molar-refractivity contribution in [3.05, 3.63) is 58.6 Å². The van der Waals surface area contributed by atoms with Crippen LogP contribution in [-0.4, -0.2) is 10.1 Å². The van der Waals surface area contributed by atoms with Gasteiger partial charge in [-0.15, -0.1) is 0 Å². The van der Waals surface area contributed by atoms with Gasteiger partial charge in [-0.1, -0.05) is 23.8 Å². The molecule has 0 saturated heterocycles.